The van der Waals surface area contributed by atoms with Crippen molar-refractivity contribution < 1.29 is 14.4 Å². The zero-order valence-corrected chi connectivity index (χ0v) is 14.3. The first-order chi connectivity index (χ1) is 11.0. The Morgan fingerprint density at radius 1 is 1.22 bits per heavy atom. The number of carbonyl (C=O) groups is 3. The topological polar surface area (TPSA) is 78.5 Å². The van der Waals surface area contributed by atoms with Crippen molar-refractivity contribution in [2.45, 2.75) is 83.2 Å². The highest BCUT2D eigenvalue weighted by molar-refractivity contribution is 6.09. The van der Waals surface area contributed by atoms with Crippen LogP contribution in [0, 0.1) is 0 Å². The molecule has 6 heteroatoms. The molecular formula is C17H29N3O3. The van der Waals surface area contributed by atoms with Gasteiger partial charge < -0.3 is 10.6 Å². The molecule has 1 spiro atoms. The zero-order valence-electron chi connectivity index (χ0n) is 14.3. The Morgan fingerprint density at radius 3 is 2.43 bits per heavy atom. The van der Waals surface area contributed by atoms with Crippen LogP contribution in [-0.4, -0.2) is 40.9 Å². The van der Waals surface area contributed by atoms with Crippen molar-refractivity contribution in [3.8, 4) is 0 Å². The molecule has 1 saturated carbocycles. The van der Waals surface area contributed by atoms with E-state index in [2.05, 4.69) is 17.6 Å². The average Bonchev–Trinajstić information content (AvgIpc) is 2.68. The normalized spacial score (nSPS) is 22.4. The van der Waals surface area contributed by atoms with E-state index >= 15 is 0 Å². The van der Waals surface area contributed by atoms with Gasteiger partial charge in [-0.1, -0.05) is 45.4 Å². The Morgan fingerprint density at radius 2 is 1.83 bits per heavy atom. The van der Waals surface area contributed by atoms with Gasteiger partial charge in [-0.3, -0.25) is 14.5 Å². The maximum atomic E-state index is 12.8. The molecule has 130 valence electrons. The van der Waals surface area contributed by atoms with Crippen LogP contribution in [-0.2, 0) is 9.59 Å². The van der Waals surface area contributed by atoms with Gasteiger partial charge in [0.05, 0.1) is 0 Å². The summed E-state index contributed by atoms with van der Waals surface area (Å²) >= 11 is 0. The number of urea groups is 1. The number of hydrogen-bond donors (Lipinski definition) is 2. The molecule has 4 amide bonds. The second-order valence-corrected chi connectivity index (χ2v) is 6.93. The summed E-state index contributed by atoms with van der Waals surface area (Å²) in [6, 6.07) is -0.363. The predicted octanol–water partition coefficient (Wildman–Crippen LogP) is 2.33. The van der Waals surface area contributed by atoms with Crippen LogP contribution < -0.4 is 10.6 Å². The van der Waals surface area contributed by atoms with E-state index in [9.17, 15) is 14.4 Å². The summed E-state index contributed by atoms with van der Waals surface area (Å²) in [5, 5.41) is 5.73. The Kier molecular flexibility index (Phi) is 6.02. The van der Waals surface area contributed by atoms with Crippen LogP contribution >= 0.6 is 0 Å². The smallest absolute Gasteiger partial charge is 0.325 e. The number of nitrogens with zero attached hydrogens (tertiary/aromatic N) is 1. The standard InChI is InChI=1S/C17H29N3O3/c1-3-9-13(2)18-14(21)12-20-15(22)17(19-16(20)23)10-7-5-4-6-8-11-17/h13H,3-12H2,1-2H3,(H,18,21)(H,19,23)/t13-/m1/s1. The summed E-state index contributed by atoms with van der Waals surface area (Å²) in [5.74, 6) is -0.486. The Balaban J connectivity index is 1.98. The fraction of sp³-hybridized carbons (Fsp3) is 0.824. The van der Waals surface area contributed by atoms with Crippen molar-refractivity contribution in [3.05, 3.63) is 0 Å². The summed E-state index contributed by atoms with van der Waals surface area (Å²) in [6.45, 7) is 3.81. The molecule has 1 aliphatic heterocycles. The summed E-state index contributed by atoms with van der Waals surface area (Å²) in [6.07, 6.45) is 8.51. The molecule has 2 N–H and O–H groups in total. The van der Waals surface area contributed by atoms with Crippen molar-refractivity contribution >= 4 is 17.8 Å². The Bertz CT molecular complexity index is 456. The quantitative estimate of drug-likeness (QED) is 0.762. The van der Waals surface area contributed by atoms with Gasteiger partial charge in [-0.05, 0) is 26.2 Å². The highest BCUT2D eigenvalue weighted by Crippen LogP contribution is 2.31. The molecule has 0 aromatic carbocycles. The number of carbonyl (C=O) groups excluding carboxylic acids is 3. The molecule has 0 aromatic heterocycles. The predicted molar refractivity (Wildman–Crippen MR) is 87.8 cm³/mol. The van der Waals surface area contributed by atoms with Gasteiger partial charge in [-0.2, -0.15) is 0 Å². The van der Waals surface area contributed by atoms with E-state index < -0.39 is 11.6 Å². The SMILES string of the molecule is CCC[C@@H](C)NC(=O)CN1C(=O)NC2(CCCCCCC2)C1=O. The van der Waals surface area contributed by atoms with E-state index in [1.165, 1.54) is 6.42 Å². The van der Waals surface area contributed by atoms with E-state index in [0.717, 1.165) is 43.4 Å². The average molecular weight is 323 g/mol. The van der Waals surface area contributed by atoms with E-state index in [1.54, 1.807) is 0 Å². The van der Waals surface area contributed by atoms with Gasteiger partial charge in [0.15, 0.2) is 0 Å². The molecular weight excluding hydrogens is 294 g/mol. The zero-order chi connectivity index (χ0) is 16.9. The van der Waals surface area contributed by atoms with Gasteiger partial charge in [0.2, 0.25) is 5.91 Å². The molecule has 0 aromatic rings. The Labute approximate surface area is 138 Å². The fourth-order valence-electron chi connectivity index (χ4n) is 3.64. The molecule has 2 aliphatic rings. The largest absolute Gasteiger partial charge is 0.352 e. The maximum Gasteiger partial charge on any atom is 0.325 e. The van der Waals surface area contributed by atoms with Gasteiger partial charge >= 0.3 is 6.03 Å². The van der Waals surface area contributed by atoms with Crippen LogP contribution in [0.1, 0.15) is 71.6 Å². The lowest BCUT2D eigenvalue weighted by atomic mass is 9.84. The molecule has 2 rings (SSSR count). The third-order valence-corrected chi connectivity index (χ3v) is 4.88. The van der Waals surface area contributed by atoms with Crippen LogP contribution in [0.5, 0.6) is 0 Å². The lowest BCUT2D eigenvalue weighted by Gasteiger charge is -2.28. The minimum Gasteiger partial charge on any atom is -0.352 e. The second kappa shape index (κ2) is 7.79. The monoisotopic (exact) mass is 323 g/mol. The van der Waals surface area contributed by atoms with E-state index in [0.29, 0.717) is 12.8 Å². The molecule has 0 radical (unpaired) electrons. The van der Waals surface area contributed by atoms with Crippen LogP contribution in [0.15, 0.2) is 0 Å². The van der Waals surface area contributed by atoms with Crippen molar-refractivity contribution in [2.24, 2.45) is 0 Å². The molecule has 0 bridgehead atoms. The maximum absolute atomic E-state index is 12.8. The lowest BCUT2D eigenvalue weighted by molar-refractivity contribution is -0.135. The highest BCUT2D eigenvalue weighted by atomic mass is 16.2. The van der Waals surface area contributed by atoms with Gasteiger partial charge in [0, 0.05) is 6.04 Å². The van der Waals surface area contributed by atoms with Crippen molar-refractivity contribution in [3.63, 3.8) is 0 Å². The first-order valence-electron chi connectivity index (χ1n) is 8.92. The van der Waals surface area contributed by atoms with Gasteiger partial charge in [0.1, 0.15) is 12.1 Å². The number of hydrogen-bond acceptors (Lipinski definition) is 3. The third kappa shape index (κ3) is 4.24. The number of rotatable bonds is 5. The minimum absolute atomic E-state index is 0.0589. The highest BCUT2D eigenvalue weighted by Gasteiger charge is 2.50. The molecule has 2 fully saturated rings. The minimum atomic E-state index is -0.771. The third-order valence-electron chi connectivity index (χ3n) is 4.88. The van der Waals surface area contributed by atoms with Crippen LogP contribution in [0.2, 0.25) is 0 Å². The molecule has 1 atom stereocenters. The lowest BCUT2D eigenvalue weighted by Crippen LogP contribution is -2.48. The van der Waals surface area contributed by atoms with Crippen LogP contribution in [0.3, 0.4) is 0 Å². The summed E-state index contributed by atoms with van der Waals surface area (Å²) < 4.78 is 0. The van der Waals surface area contributed by atoms with Crippen LogP contribution in [0.25, 0.3) is 0 Å². The van der Waals surface area contributed by atoms with E-state index in [-0.39, 0.29) is 24.4 Å². The summed E-state index contributed by atoms with van der Waals surface area (Å²) in [7, 11) is 0. The first kappa shape index (κ1) is 17.8. The molecule has 1 heterocycles. The number of amides is 4. The summed E-state index contributed by atoms with van der Waals surface area (Å²) in [4.78, 5) is 38.2. The molecule has 1 aliphatic carbocycles. The number of imide groups is 1. The van der Waals surface area contributed by atoms with Crippen molar-refractivity contribution in [1.82, 2.24) is 15.5 Å². The second-order valence-electron chi connectivity index (χ2n) is 6.93. The molecule has 6 nitrogen and oxygen atoms in total. The van der Waals surface area contributed by atoms with Gasteiger partial charge in [0.25, 0.3) is 5.91 Å². The van der Waals surface area contributed by atoms with Crippen molar-refractivity contribution in [2.75, 3.05) is 6.54 Å². The van der Waals surface area contributed by atoms with E-state index in [1.807, 2.05) is 6.92 Å². The van der Waals surface area contributed by atoms with E-state index in [4.69, 9.17) is 0 Å². The number of nitrogens with one attached hydrogen (secondary N) is 2. The molecule has 0 unspecified atom stereocenters. The van der Waals surface area contributed by atoms with Crippen molar-refractivity contribution in [1.29, 1.82) is 0 Å². The fourth-order valence-corrected chi connectivity index (χ4v) is 3.64. The van der Waals surface area contributed by atoms with Crippen LogP contribution in [0.4, 0.5) is 4.79 Å². The molecule has 1 saturated heterocycles. The molecule has 23 heavy (non-hydrogen) atoms. The Hall–Kier alpha value is -1.59. The van der Waals surface area contributed by atoms with Gasteiger partial charge in [-0.15, -0.1) is 0 Å². The van der Waals surface area contributed by atoms with Gasteiger partial charge in [-0.25, -0.2) is 4.79 Å². The summed E-state index contributed by atoms with van der Waals surface area (Å²) in [5.41, 5.74) is -0.771. The first-order valence-corrected chi connectivity index (χ1v) is 8.92.